The molecular weight excluding hydrogens is 312 g/mol. The SMILES string of the molecule is CO.c1ccc(CNCCCCCCOCCc2ccccn2)cc1. The molecule has 138 valence electrons. The molecule has 2 N–H and O–H groups in total. The lowest BCUT2D eigenvalue weighted by Gasteiger charge is -2.06. The molecule has 0 saturated carbocycles. The van der Waals surface area contributed by atoms with E-state index >= 15 is 0 Å². The Bertz CT molecular complexity index is 458. The molecule has 0 aliphatic heterocycles. The zero-order valence-corrected chi connectivity index (χ0v) is 15.4. The summed E-state index contributed by atoms with van der Waals surface area (Å²) in [4.78, 5) is 4.29. The fourth-order valence-corrected chi connectivity index (χ4v) is 2.46. The molecule has 0 unspecified atom stereocenters. The molecule has 2 rings (SSSR count). The maximum atomic E-state index is 7.00. The van der Waals surface area contributed by atoms with Crippen LogP contribution in [0.25, 0.3) is 0 Å². The third-order valence-corrected chi connectivity index (χ3v) is 3.79. The standard InChI is InChI=1S/C20H28N2O.CH4O/c1(7-14-21-18-19-10-4-3-5-11-19)2-9-16-23-17-13-20-12-6-8-15-22-20;1-2/h3-6,8,10-12,15,21H,1-2,7,9,13-14,16-18H2;2H,1H3. The molecule has 0 spiro atoms. The van der Waals surface area contributed by atoms with Gasteiger partial charge in [0.15, 0.2) is 0 Å². The summed E-state index contributed by atoms with van der Waals surface area (Å²) in [5.41, 5.74) is 2.46. The molecule has 0 amide bonds. The van der Waals surface area contributed by atoms with Gasteiger partial charge in [0, 0.05) is 38.6 Å². The fraction of sp³-hybridized carbons (Fsp3) is 0.476. The summed E-state index contributed by atoms with van der Waals surface area (Å²) in [5, 5.41) is 10.5. The number of unbranched alkanes of at least 4 members (excludes halogenated alkanes) is 3. The second-order valence-electron chi connectivity index (χ2n) is 5.76. The van der Waals surface area contributed by atoms with Crippen molar-refractivity contribution >= 4 is 0 Å². The molecule has 4 heteroatoms. The number of nitrogens with one attached hydrogen (secondary N) is 1. The van der Waals surface area contributed by atoms with Crippen LogP contribution in [0.5, 0.6) is 0 Å². The highest BCUT2D eigenvalue weighted by molar-refractivity contribution is 5.14. The van der Waals surface area contributed by atoms with E-state index in [4.69, 9.17) is 9.84 Å². The molecule has 0 bridgehead atoms. The first-order chi connectivity index (χ1) is 12.4. The van der Waals surface area contributed by atoms with Crippen molar-refractivity contribution in [2.45, 2.75) is 38.6 Å². The summed E-state index contributed by atoms with van der Waals surface area (Å²) in [6.07, 6.45) is 7.65. The number of aromatic nitrogens is 1. The van der Waals surface area contributed by atoms with Crippen LogP contribution in [0.3, 0.4) is 0 Å². The van der Waals surface area contributed by atoms with Gasteiger partial charge in [0.2, 0.25) is 0 Å². The predicted molar refractivity (Wildman–Crippen MR) is 104 cm³/mol. The number of ether oxygens (including phenoxy) is 1. The number of nitrogens with zero attached hydrogens (tertiary/aromatic N) is 1. The Labute approximate surface area is 152 Å². The van der Waals surface area contributed by atoms with Crippen LogP contribution in [0.15, 0.2) is 54.7 Å². The highest BCUT2D eigenvalue weighted by atomic mass is 16.5. The van der Waals surface area contributed by atoms with Gasteiger partial charge < -0.3 is 15.2 Å². The van der Waals surface area contributed by atoms with Crippen molar-refractivity contribution < 1.29 is 9.84 Å². The fourth-order valence-electron chi connectivity index (χ4n) is 2.46. The quantitative estimate of drug-likeness (QED) is 0.578. The molecule has 1 heterocycles. The summed E-state index contributed by atoms with van der Waals surface area (Å²) >= 11 is 0. The average Bonchev–Trinajstić information content (AvgIpc) is 2.69. The summed E-state index contributed by atoms with van der Waals surface area (Å²) in [6, 6.07) is 16.6. The predicted octanol–water partition coefficient (Wildman–Crippen LogP) is 3.60. The van der Waals surface area contributed by atoms with Crippen LogP contribution in [0, 0.1) is 0 Å². The first-order valence-corrected chi connectivity index (χ1v) is 9.12. The van der Waals surface area contributed by atoms with Gasteiger partial charge in [-0.25, -0.2) is 0 Å². The molecule has 25 heavy (non-hydrogen) atoms. The van der Waals surface area contributed by atoms with Crippen LogP contribution in [0.2, 0.25) is 0 Å². The van der Waals surface area contributed by atoms with E-state index in [-0.39, 0.29) is 0 Å². The summed E-state index contributed by atoms with van der Waals surface area (Å²) in [7, 11) is 1.00. The smallest absolute Gasteiger partial charge is 0.0521 e. The molecule has 0 radical (unpaired) electrons. The number of hydrogen-bond donors (Lipinski definition) is 2. The first-order valence-electron chi connectivity index (χ1n) is 9.12. The summed E-state index contributed by atoms with van der Waals surface area (Å²) in [6.45, 7) is 3.70. The summed E-state index contributed by atoms with van der Waals surface area (Å²) < 4.78 is 5.67. The second-order valence-corrected chi connectivity index (χ2v) is 5.76. The van der Waals surface area contributed by atoms with Crippen LogP contribution >= 0.6 is 0 Å². The van der Waals surface area contributed by atoms with Gasteiger partial charge in [0.1, 0.15) is 0 Å². The van der Waals surface area contributed by atoms with Gasteiger partial charge in [-0.2, -0.15) is 0 Å². The number of aliphatic hydroxyl groups is 1. The molecule has 0 saturated heterocycles. The maximum absolute atomic E-state index is 7.00. The van der Waals surface area contributed by atoms with Gasteiger partial charge in [-0.05, 0) is 37.1 Å². The number of benzene rings is 1. The molecule has 0 atom stereocenters. The van der Waals surface area contributed by atoms with E-state index in [1.807, 2.05) is 24.4 Å². The van der Waals surface area contributed by atoms with Crippen molar-refractivity contribution in [3.63, 3.8) is 0 Å². The van der Waals surface area contributed by atoms with Gasteiger partial charge in [0.05, 0.1) is 6.61 Å². The van der Waals surface area contributed by atoms with Crippen LogP contribution in [-0.2, 0) is 17.7 Å². The lowest BCUT2D eigenvalue weighted by molar-refractivity contribution is 0.132. The Kier molecular flexibility index (Phi) is 13.4. The van der Waals surface area contributed by atoms with Crippen molar-refractivity contribution in [3.05, 3.63) is 66.0 Å². The molecule has 0 fully saturated rings. The molecule has 0 aliphatic carbocycles. The van der Waals surface area contributed by atoms with Crippen LogP contribution < -0.4 is 5.32 Å². The summed E-state index contributed by atoms with van der Waals surface area (Å²) in [5.74, 6) is 0. The molecule has 0 aliphatic rings. The van der Waals surface area contributed by atoms with Gasteiger partial charge in [-0.1, -0.05) is 49.2 Å². The van der Waals surface area contributed by atoms with Gasteiger partial charge in [-0.15, -0.1) is 0 Å². The van der Waals surface area contributed by atoms with E-state index in [2.05, 4.69) is 40.6 Å². The lowest BCUT2D eigenvalue weighted by Crippen LogP contribution is -2.14. The van der Waals surface area contributed by atoms with E-state index in [9.17, 15) is 0 Å². The number of pyridine rings is 1. The Morgan fingerprint density at radius 1 is 0.880 bits per heavy atom. The number of hydrogen-bond acceptors (Lipinski definition) is 4. The molecule has 1 aromatic carbocycles. The Hall–Kier alpha value is -1.75. The molecule has 1 aromatic heterocycles. The van der Waals surface area contributed by atoms with Crippen molar-refractivity contribution in [2.24, 2.45) is 0 Å². The van der Waals surface area contributed by atoms with Crippen molar-refractivity contribution in [1.29, 1.82) is 0 Å². The maximum Gasteiger partial charge on any atom is 0.0521 e. The lowest BCUT2D eigenvalue weighted by atomic mass is 10.2. The highest BCUT2D eigenvalue weighted by Crippen LogP contribution is 2.02. The molecule has 2 aromatic rings. The third kappa shape index (κ3) is 11.4. The Balaban J connectivity index is 0.00000151. The Morgan fingerprint density at radius 2 is 1.64 bits per heavy atom. The average molecular weight is 344 g/mol. The normalized spacial score (nSPS) is 10.2. The van der Waals surface area contributed by atoms with Crippen LogP contribution in [0.4, 0.5) is 0 Å². The minimum Gasteiger partial charge on any atom is -0.400 e. The van der Waals surface area contributed by atoms with E-state index < -0.39 is 0 Å². The zero-order chi connectivity index (χ0) is 18.0. The van der Waals surface area contributed by atoms with Gasteiger partial charge >= 0.3 is 0 Å². The third-order valence-electron chi connectivity index (χ3n) is 3.79. The molecule has 4 nitrogen and oxygen atoms in total. The number of rotatable bonds is 12. The largest absolute Gasteiger partial charge is 0.400 e. The van der Waals surface area contributed by atoms with Crippen LogP contribution in [-0.4, -0.2) is 37.0 Å². The minimum absolute atomic E-state index is 0.773. The second kappa shape index (κ2) is 15.8. The van der Waals surface area contributed by atoms with Gasteiger partial charge in [0.25, 0.3) is 0 Å². The van der Waals surface area contributed by atoms with E-state index in [0.717, 1.165) is 51.9 Å². The van der Waals surface area contributed by atoms with E-state index in [1.54, 1.807) is 0 Å². The van der Waals surface area contributed by atoms with Gasteiger partial charge in [-0.3, -0.25) is 4.98 Å². The zero-order valence-electron chi connectivity index (χ0n) is 15.4. The monoisotopic (exact) mass is 344 g/mol. The van der Waals surface area contributed by atoms with E-state index in [0.29, 0.717) is 0 Å². The van der Waals surface area contributed by atoms with Crippen molar-refractivity contribution in [3.8, 4) is 0 Å². The highest BCUT2D eigenvalue weighted by Gasteiger charge is 1.95. The van der Waals surface area contributed by atoms with Crippen LogP contribution in [0.1, 0.15) is 36.9 Å². The van der Waals surface area contributed by atoms with Crippen molar-refractivity contribution in [1.82, 2.24) is 10.3 Å². The topological polar surface area (TPSA) is 54.4 Å². The van der Waals surface area contributed by atoms with Crippen molar-refractivity contribution in [2.75, 3.05) is 26.9 Å². The first kappa shape index (κ1) is 21.3. The Morgan fingerprint density at radius 3 is 2.40 bits per heavy atom. The number of aliphatic hydroxyl groups excluding tert-OH is 1. The minimum atomic E-state index is 0.773. The molecular formula is C21H32N2O2. The van der Waals surface area contributed by atoms with E-state index in [1.165, 1.54) is 24.8 Å².